The summed E-state index contributed by atoms with van der Waals surface area (Å²) >= 11 is 5.63. The fraction of sp³-hybridized carbons (Fsp3) is 0.111. The summed E-state index contributed by atoms with van der Waals surface area (Å²) in [5.41, 5.74) is 0. The smallest absolute Gasteiger partial charge is 0.238 e. The molecule has 0 aliphatic heterocycles. The zero-order valence-electron chi connectivity index (χ0n) is 7.53. The molecule has 3 nitrogen and oxygen atoms in total. The molecule has 0 radical (unpaired) electrons. The van der Waals surface area contributed by atoms with Gasteiger partial charge in [0.15, 0.2) is 0 Å². The Morgan fingerprint density at radius 3 is 2.29 bits per heavy atom. The van der Waals surface area contributed by atoms with Gasteiger partial charge in [-0.2, -0.15) is 0 Å². The molecule has 5 heteroatoms. The molecule has 0 aliphatic carbocycles. The minimum Gasteiger partial charge on any atom is -0.487 e. The molecule has 1 aromatic carbocycles. The fourth-order valence-electron chi connectivity index (χ4n) is 0.855. The van der Waals surface area contributed by atoms with E-state index in [1.54, 1.807) is 0 Å². The van der Waals surface area contributed by atoms with Gasteiger partial charge in [-0.1, -0.05) is 11.6 Å². The van der Waals surface area contributed by atoms with Crippen LogP contribution in [0.2, 0.25) is 5.02 Å². The molecular weight excluding hydrogens is 224 g/mol. The summed E-state index contributed by atoms with van der Waals surface area (Å²) in [6.45, 7) is 3.30. The number of benzene rings is 1. The van der Waals surface area contributed by atoms with E-state index < -0.39 is 9.84 Å². The maximum Gasteiger partial charge on any atom is 0.238 e. The van der Waals surface area contributed by atoms with Gasteiger partial charge < -0.3 is 4.74 Å². The second kappa shape index (κ2) is 4.02. The van der Waals surface area contributed by atoms with Crippen molar-refractivity contribution < 1.29 is 13.2 Å². The van der Waals surface area contributed by atoms with E-state index in [2.05, 4.69) is 11.3 Å². The van der Waals surface area contributed by atoms with E-state index in [4.69, 9.17) is 11.6 Å². The van der Waals surface area contributed by atoms with E-state index in [0.717, 1.165) is 0 Å². The second-order valence-electron chi connectivity index (χ2n) is 2.53. The van der Waals surface area contributed by atoms with Gasteiger partial charge in [-0.15, -0.1) is 0 Å². The number of sulfone groups is 1. The van der Waals surface area contributed by atoms with Crippen LogP contribution in [-0.2, 0) is 14.6 Å². The molecule has 1 rings (SSSR count). The van der Waals surface area contributed by atoms with Gasteiger partial charge in [0, 0.05) is 5.02 Å². The van der Waals surface area contributed by atoms with Crippen molar-refractivity contribution in [2.75, 3.05) is 7.11 Å². The molecule has 0 amide bonds. The normalized spacial score (nSPS) is 11.0. The zero-order chi connectivity index (χ0) is 10.8. The molecule has 1 aromatic rings. The Kier molecular flexibility index (Phi) is 3.18. The number of rotatable bonds is 3. The average Bonchev–Trinajstić information content (AvgIpc) is 2.17. The van der Waals surface area contributed by atoms with Crippen LogP contribution < -0.4 is 0 Å². The lowest BCUT2D eigenvalue weighted by Crippen LogP contribution is -2.04. The van der Waals surface area contributed by atoms with Gasteiger partial charge in [0.25, 0.3) is 0 Å². The molecule has 0 saturated carbocycles. The standard InChI is InChI=1S/C9H9ClO3S/c1-7(13-2)14(11,12)9-5-3-8(10)4-6-9/h3-6H,1H2,2H3. The van der Waals surface area contributed by atoms with Gasteiger partial charge in [0.1, 0.15) is 0 Å². The molecule has 0 saturated heterocycles. The van der Waals surface area contributed by atoms with Crippen LogP contribution in [0.5, 0.6) is 0 Å². The Morgan fingerprint density at radius 1 is 1.36 bits per heavy atom. The molecule has 76 valence electrons. The minimum absolute atomic E-state index is 0.119. The van der Waals surface area contributed by atoms with Crippen molar-refractivity contribution in [1.82, 2.24) is 0 Å². The van der Waals surface area contributed by atoms with Gasteiger partial charge in [0.05, 0.1) is 12.0 Å². The van der Waals surface area contributed by atoms with Crippen molar-refractivity contribution >= 4 is 21.4 Å². The van der Waals surface area contributed by atoms with Crippen LogP contribution in [0.1, 0.15) is 0 Å². The fourth-order valence-corrected chi connectivity index (χ4v) is 1.96. The van der Waals surface area contributed by atoms with E-state index >= 15 is 0 Å². The SMILES string of the molecule is C=C(OC)S(=O)(=O)c1ccc(Cl)cc1. The van der Waals surface area contributed by atoms with E-state index in [-0.39, 0.29) is 9.99 Å². The van der Waals surface area contributed by atoms with Gasteiger partial charge in [-0.25, -0.2) is 8.42 Å². The van der Waals surface area contributed by atoms with Crippen LogP contribution in [0.25, 0.3) is 0 Å². The van der Waals surface area contributed by atoms with Crippen molar-refractivity contribution in [3.05, 3.63) is 41.0 Å². The molecule has 0 spiro atoms. The van der Waals surface area contributed by atoms with Gasteiger partial charge >= 0.3 is 0 Å². The lowest BCUT2D eigenvalue weighted by molar-refractivity contribution is 0.318. The summed E-state index contributed by atoms with van der Waals surface area (Å²) in [5, 5.41) is 0.201. The lowest BCUT2D eigenvalue weighted by atomic mass is 10.4. The van der Waals surface area contributed by atoms with E-state index in [9.17, 15) is 8.42 Å². The van der Waals surface area contributed by atoms with Gasteiger partial charge in [-0.05, 0) is 30.8 Å². The number of hydrogen-bond donors (Lipinski definition) is 0. The largest absolute Gasteiger partial charge is 0.487 e. The molecule has 0 fully saturated rings. The highest BCUT2D eigenvalue weighted by Crippen LogP contribution is 2.20. The van der Waals surface area contributed by atoms with Crippen molar-refractivity contribution in [1.29, 1.82) is 0 Å². The van der Waals surface area contributed by atoms with Crippen LogP contribution in [0.3, 0.4) is 0 Å². The molecule has 0 atom stereocenters. The summed E-state index contributed by atoms with van der Waals surface area (Å²) in [6, 6.07) is 5.80. The maximum atomic E-state index is 11.6. The summed E-state index contributed by atoms with van der Waals surface area (Å²) in [6.07, 6.45) is 0. The van der Waals surface area contributed by atoms with Crippen LogP contribution in [0.4, 0.5) is 0 Å². The molecule has 0 bridgehead atoms. The van der Waals surface area contributed by atoms with Crippen LogP contribution >= 0.6 is 11.6 Å². The molecule has 0 heterocycles. The Balaban J connectivity index is 3.18. The molecule has 0 aromatic heterocycles. The van der Waals surface area contributed by atoms with Crippen LogP contribution in [0.15, 0.2) is 40.8 Å². The first-order valence-corrected chi connectivity index (χ1v) is 5.58. The van der Waals surface area contributed by atoms with Crippen LogP contribution in [0, 0.1) is 0 Å². The lowest BCUT2D eigenvalue weighted by Gasteiger charge is -2.05. The average molecular weight is 233 g/mol. The van der Waals surface area contributed by atoms with Crippen molar-refractivity contribution in [2.45, 2.75) is 4.90 Å². The van der Waals surface area contributed by atoms with Crippen LogP contribution in [-0.4, -0.2) is 15.5 Å². The van der Waals surface area contributed by atoms with E-state index in [0.29, 0.717) is 5.02 Å². The maximum absolute atomic E-state index is 11.6. The van der Waals surface area contributed by atoms with Crippen molar-refractivity contribution in [2.24, 2.45) is 0 Å². The van der Waals surface area contributed by atoms with Crippen molar-refractivity contribution in [3.63, 3.8) is 0 Å². The third-order valence-electron chi connectivity index (χ3n) is 1.65. The third kappa shape index (κ3) is 2.08. The molecule has 0 aliphatic rings. The Hall–Kier alpha value is -1.00. The zero-order valence-corrected chi connectivity index (χ0v) is 9.10. The highest BCUT2D eigenvalue weighted by molar-refractivity contribution is 7.95. The molecule has 14 heavy (non-hydrogen) atoms. The molecular formula is C9H9ClO3S. The first kappa shape index (κ1) is 11.1. The Labute approximate surface area is 87.9 Å². The quantitative estimate of drug-likeness (QED) is 0.751. The third-order valence-corrected chi connectivity index (χ3v) is 3.56. The number of hydrogen-bond acceptors (Lipinski definition) is 3. The Morgan fingerprint density at radius 2 is 1.86 bits per heavy atom. The number of halogens is 1. The highest BCUT2D eigenvalue weighted by atomic mass is 35.5. The second-order valence-corrected chi connectivity index (χ2v) is 4.90. The predicted octanol–water partition coefficient (Wildman–Crippen LogP) is 2.23. The van der Waals surface area contributed by atoms with E-state index in [1.807, 2.05) is 0 Å². The monoisotopic (exact) mass is 232 g/mol. The van der Waals surface area contributed by atoms with E-state index in [1.165, 1.54) is 31.4 Å². The summed E-state index contributed by atoms with van der Waals surface area (Å²) in [7, 11) is -2.32. The molecule has 0 unspecified atom stereocenters. The summed E-state index contributed by atoms with van der Waals surface area (Å²) in [4.78, 5) is 0.119. The summed E-state index contributed by atoms with van der Waals surface area (Å²) < 4.78 is 27.8. The summed E-state index contributed by atoms with van der Waals surface area (Å²) in [5.74, 6) is 0. The number of ether oxygens (including phenoxy) is 1. The first-order chi connectivity index (χ1) is 6.48. The first-order valence-electron chi connectivity index (χ1n) is 3.72. The Bertz CT molecular complexity index is 434. The predicted molar refractivity (Wildman–Crippen MR) is 54.8 cm³/mol. The minimum atomic E-state index is -3.58. The number of methoxy groups -OCH3 is 1. The van der Waals surface area contributed by atoms with Gasteiger partial charge in [-0.3, -0.25) is 0 Å². The topological polar surface area (TPSA) is 43.4 Å². The van der Waals surface area contributed by atoms with Crippen molar-refractivity contribution in [3.8, 4) is 0 Å². The molecule has 0 N–H and O–H groups in total. The van der Waals surface area contributed by atoms with Gasteiger partial charge in [0.2, 0.25) is 14.9 Å². The highest BCUT2D eigenvalue weighted by Gasteiger charge is 2.18.